The van der Waals surface area contributed by atoms with E-state index >= 15 is 0 Å². The molecule has 94 valence electrons. The van der Waals surface area contributed by atoms with Crippen LogP contribution in [0.2, 0.25) is 0 Å². The van der Waals surface area contributed by atoms with Crippen molar-refractivity contribution in [2.45, 2.75) is 6.10 Å². The minimum Gasteiger partial charge on any atom is -0.467 e. The molecule has 1 aliphatic rings. The molecule has 2 rings (SSSR count). The third-order valence-electron chi connectivity index (χ3n) is 2.56. The van der Waals surface area contributed by atoms with Crippen LogP contribution in [0, 0.1) is 0 Å². The number of aromatic nitrogens is 1. The molecule has 0 aromatic carbocycles. The number of ether oxygens (including phenoxy) is 1. The number of hydrogen-bond acceptors (Lipinski definition) is 6. The molecule has 18 heavy (non-hydrogen) atoms. The maximum absolute atomic E-state index is 11.9. The maximum Gasteiger partial charge on any atom is 0.336 e. The summed E-state index contributed by atoms with van der Waals surface area (Å²) < 4.78 is 4.32. The molecule has 2 amide bonds. The molecule has 0 spiro atoms. The van der Waals surface area contributed by atoms with Crippen molar-refractivity contribution in [2.24, 2.45) is 0 Å². The number of imide groups is 1. The van der Waals surface area contributed by atoms with Gasteiger partial charge in [-0.05, 0) is 12.1 Å². The molecular weight excluding hydrogens is 240 g/mol. The van der Waals surface area contributed by atoms with Crippen LogP contribution in [0.25, 0.3) is 0 Å². The number of carbonyl (C=O) groups is 3. The molecule has 1 unspecified atom stereocenters. The zero-order valence-electron chi connectivity index (χ0n) is 9.49. The third kappa shape index (κ3) is 1.84. The summed E-state index contributed by atoms with van der Waals surface area (Å²) >= 11 is 0. The number of amides is 2. The fourth-order valence-electron chi connectivity index (χ4n) is 1.66. The van der Waals surface area contributed by atoms with Crippen LogP contribution >= 0.6 is 0 Å². The molecule has 7 heteroatoms. The summed E-state index contributed by atoms with van der Waals surface area (Å²) in [6.45, 7) is -0.444. The van der Waals surface area contributed by atoms with E-state index < -0.39 is 30.4 Å². The Hall–Kier alpha value is -2.28. The average Bonchev–Trinajstić information content (AvgIpc) is 2.63. The van der Waals surface area contributed by atoms with Crippen molar-refractivity contribution in [3.8, 4) is 0 Å². The number of pyridine rings is 1. The van der Waals surface area contributed by atoms with E-state index in [1.54, 1.807) is 0 Å². The van der Waals surface area contributed by atoms with Gasteiger partial charge in [-0.25, -0.2) is 4.79 Å². The van der Waals surface area contributed by atoms with E-state index in [2.05, 4.69) is 9.72 Å². The van der Waals surface area contributed by atoms with Gasteiger partial charge in [0.2, 0.25) is 0 Å². The summed E-state index contributed by atoms with van der Waals surface area (Å²) in [4.78, 5) is 39.3. The third-order valence-corrected chi connectivity index (χ3v) is 2.56. The molecule has 0 saturated carbocycles. The summed E-state index contributed by atoms with van der Waals surface area (Å²) in [6, 6.07) is 3.00. The van der Waals surface area contributed by atoms with E-state index in [-0.39, 0.29) is 11.3 Å². The lowest BCUT2D eigenvalue weighted by Crippen LogP contribution is -2.40. The van der Waals surface area contributed by atoms with Crippen LogP contribution in [0.3, 0.4) is 0 Å². The molecule has 0 saturated heterocycles. The second-order valence-electron chi connectivity index (χ2n) is 3.66. The maximum atomic E-state index is 11.9. The van der Waals surface area contributed by atoms with Crippen molar-refractivity contribution in [1.82, 2.24) is 9.88 Å². The van der Waals surface area contributed by atoms with Gasteiger partial charge in [0.05, 0.1) is 19.2 Å². The topological polar surface area (TPSA) is 96.8 Å². The van der Waals surface area contributed by atoms with Crippen LogP contribution in [0.1, 0.15) is 20.8 Å². The van der Waals surface area contributed by atoms with Crippen molar-refractivity contribution in [2.75, 3.05) is 13.7 Å². The predicted octanol–water partition coefficient (Wildman–Crippen LogP) is -0.789. The monoisotopic (exact) mass is 250 g/mol. The minimum absolute atomic E-state index is 0.0274. The lowest BCUT2D eigenvalue weighted by molar-refractivity contribution is -0.150. The molecule has 0 bridgehead atoms. The van der Waals surface area contributed by atoms with Gasteiger partial charge in [-0.15, -0.1) is 0 Å². The van der Waals surface area contributed by atoms with Crippen molar-refractivity contribution < 1.29 is 24.2 Å². The summed E-state index contributed by atoms with van der Waals surface area (Å²) in [5.74, 6) is -2.11. The highest BCUT2D eigenvalue weighted by molar-refractivity contribution is 6.20. The Bertz CT molecular complexity index is 493. The smallest absolute Gasteiger partial charge is 0.336 e. The lowest BCUT2D eigenvalue weighted by Gasteiger charge is -2.16. The summed E-state index contributed by atoms with van der Waals surface area (Å²) in [5.41, 5.74) is 0.194. The van der Waals surface area contributed by atoms with Gasteiger partial charge in [0.1, 0.15) is 5.69 Å². The number of aliphatic hydroxyl groups excluding tert-OH is 1. The van der Waals surface area contributed by atoms with Gasteiger partial charge < -0.3 is 9.84 Å². The van der Waals surface area contributed by atoms with E-state index in [9.17, 15) is 19.5 Å². The Labute approximate surface area is 102 Å². The molecule has 1 atom stereocenters. The van der Waals surface area contributed by atoms with Gasteiger partial charge >= 0.3 is 5.97 Å². The summed E-state index contributed by atoms with van der Waals surface area (Å²) in [5, 5.41) is 9.45. The molecule has 0 aliphatic carbocycles. The van der Waals surface area contributed by atoms with Crippen LogP contribution in [0.15, 0.2) is 18.3 Å². The van der Waals surface area contributed by atoms with Crippen molar-refractivity contribution in [1.29, 1.82) is 0 Å². The molecule has 1 N–H and O–H groups in total. The van der Waals surface area contributed by atoms with E-state index in [1.807, 2.05) is 0 Å². The number of fused-ring (bicyclic) bond motifs is 1. The Kier molecular flexibility index (Phi) is 3.07. The second-order valence-corrected chi connectivity index (χ2v) is 3.66. The van der Waals surface area contributed by atoms with Gasteiger partial charge in [-0.3, -0.25) is 19.5 Å². The molecule has 1 aliphatic heterocycles. The molecule has 1 aromatic heterocycles. The molecule has 1 aromatic rings. The lowest BCUT2D eigenvalue weighted by atomic mass is 10.2. The first-order valence-electron chi connectivity index (χ1n) is 5.13. The van der Waals surface area contributed by atoms with E-state index in [4.69, 9.17) is 0 Å². The van der Waals surface area contributed by atoms with Gasteiger partial charge in [0, 0.05) is 6.20 Å². The number of β-amino-alcohol motifs (C(OH)–C–C–N with tert-alkyl or cyclic N) is 1. The first-order chi connectivity index (χ1) is 8.56. The zero-order chi connectivity index (χ0) is 13.3. The summed E-state index contributed by atoms with van der Waals surface area (Å²) in [6.07, 6.45) is -0.165. The fraction of sp³-hybridized carbons (Fsp3) is 0.273. The SMILES string of the molecule is COC(=O)C(O)CN1C(=O)c2cccnc2C1=O. The van der Waals surface area contributed by atoms with Crippen LogP contribution < -0.4 is 0 Å². The molecule has 0 radical (unpaired) electrons. The summed E-state index contributed by atoms with van der Waals surface area (Å²) in [7, 11) is 1.11. The van der Waals surface area contributed by atoms with E-state index in [0.29, 0.717) is 0 Å². The van der Waals surface area contributed by atoms with Gasteiger partial charge in [-0.2, -0.15) is 0 Å². The minimum atomic E-state index is -1.56. The first kappa shape index (κ1) is 12.2. The molecule has 0 fully saturated rings. The molecule has 7 nitrogen and oxygen atoms in total. The predicted molar refractivity (Wildman–Crippen MR) is 57.6 cm³/mol. The Morgan fingerprint density at radius 2 is 2.22 bits per heavy atom. The standard InChI is InChI=1S/C11H10N2O5/c1-18-11(17)7(14)5-13-9(15)6-3-2-4-12-8(6)10(13)16/h2-4,7,14H,5H2,1H3. The first-order valence-corrected chi connectivity index (χ1v) is 5.13. The fourth-order valence-corrected chi connectivity index (χ4v) is 1.66. The number of carbonyl (C=O) groups excluding carboxylic acids is 3. The van der Waals surface area contributed by atoms with E-state index in [0.717, 1.165) is 12.0 Å². The van der Waals surface area contributed by atoms with Crippen LogP contribution in [0.5, 0.6) is 0 Å². The molecule has 2 heterocycles. The zero-order valence-corrected chi connectivity index (χ0v) is 9.49. The Morgan fingerprint density at radius 3 is 2.83 bits per heavy atom. The number of methoxy groups -OCH3 is 1. The highest BCUT2D eigenvalue weighted by Gasteiger charge is 2.38. The molecular formula is C11H10N2O5. The Morgan fingerprint density at radius 1 is 1.50 bits per heavy atom. The number of hydrogen-bond donors (Lipinski definition) is 1. The average molecular weight is 250 g/mol. The van der Waals surface area contributed by atoms with Crippen molar-refractivity contribution in [3.63, 3.8) is 0 Å². The van der Waals surface area contributed by atoms with Gasteiger partial charge in [0.25, 0.3) is 11.8 Å². The quantitative estimate of drug-likeness (QED) is 0.558. The van der Waals surface area contributed by atoms with Crippen molar-refractivity contribution >= 4 is 17.8 Å². The van der Waals surface area contributed by atoms with Crippen LogP contribution in [0.4, 0.5) is 0 Å². The van der Waals surface area contributed by atoms with Gasteiger partial charge in [0.15, 0.2) is 6.10 Å². The van der Waals surface area contributed by atoms with E-state index in [1.165, 1.54) is 18.3 Å². The Balaban J connectivity index is 2.21. The normalized spacial score (nSPS) is 15.6. The highest BCUT2D eigenvalue weighted by atomic mass is 16.5. The number of rotatable bonds is 3. The largest absolute Gasteiger partial charge is 0.467 e. The second kappa shape index (κ2) is 4.53. The van der Waals surface area contributed by atoms with Crippen LogP contribution in [-0.2, 0) is 9.53 Å². The van der Waals surface area contributed by atoms with Crippen LogP contribution in [-0.4, -0.2) is 52.5 Å². The number of esters is 1. The number of aliphatic hydroxyl groups is 1. The number of nitrogens with zero attached hydrogens (tertiary/aromatic N) is 2. The van der Waals surface area contributed by atoms with Crippen molar-refractivity contribution in [3.05, 3.63) is 29.6 Å². The highest BCUT2D eigenvalue weighted by Crippen LogP contribution is 2.20. The van der Waals surface area contributed by atoms with Gasteiger partial charge in [-0.1, -0.05) is 0 Å².